The number of aromatic nitrogens is 1. The van der Waals surface area contributed by atoms with E-state index >= 15 is 0 Å². The Morgan fingerprint density at radius 1 is 1.27 bits per heavy atom. The van der Waals surface area contributed by atoms with Crippen molar-refractivity contribution in [1.29, 1.82) is 0 Å². The van der Waals surface area contributed by atoms with Crippen LogP contribution in [0.3, 0.4) is 0 Å². The number of nitrogens with zero attached hydrogens (tertiary/aromatic N) is 1. The highest BCUT2D eigenvalue weighted by atomic mass is 32.1. The van der Waals surface area contributed by atoms with Gasteiger partial charge in [0.05, 0.1) is 11.3 Å². The van der Waals surface area contributed by atoms with Crippen molar-refractivity contribution in [2.24, 2.45) is 0 Å². The monoisotopic (exact) mass is 221 g/mol. The summed E-state index contributed by atoms with van der Waals surface area (Å²) in [6.45, 7) is 0. The van der Waals surface area contributed by atoms with Crippen LogP contribution >= 0.6 is 12.6 Å². The minimum atomic E-state index is -0.881. The lowest BCUT2D eigenvalue weighted by Crippen LogP contribution is -1.92. The number of rotatable bonds is 1. The van der Waals surface area contributed by atoms with E-state index in [-0.39, 0.29) is 5.75 Å². The Balaban J connectivity index is 0.000000195. The average molecular weight is 221 g/mol. The fraction of sp³-hybridized carbons (Fsp3) is 0.0909. The van der Waals surface area contributed by atoms with Crippen molar-refractivity contribution in [2.75, 3.05) is 5.75 Å². The maximum atomic E-state index is 9.29. The van der Waals surface area contributed by atoms with E-state index in [2.05, 4.69) is 29.7 Å². The Kier molecular flexibility index (Phi) is 4.63. The van der Waals surface area contributed by atoms with Crippen LogP contribution in [0.2, 0.25) is 0 Å². The minimum Gasteiger partial charge on any atom is -0.481 e. The maximum Gasteiger partial charge on any atom is 0.313 e. The number of carboxylic acids is 1. The van der Waals surface area contributed by atoms with Crippen molar-refractivity contribution in [2.45, 2.75) is 0 Å². The van der Waals surface area contributed by atoms with E-state index in [1.165, 1.54) is 5.39 Å². The summed E-state index contributed by atoms with van der Waals surface area (Å²) in [5, 5.41) is 8.84. The number of carbonyl (C=O) groups is 1. The molecular formula is C11H11NO2S. The molecule has 0 bridgehead atoms. The quantitative estimate of drug-likeness (QED) is 0.726. The second-order valence-electron chi connectivity index (χ2n) is 2.75. The number of hydrogen-bond acceptors (Lipinski definition) is 3. The van der Waals surface area contributed by atoms with Crippen molar-refractivity contribution < 1.29 is 9.90 Å². The van der Waals surface area contributed by atoms with Crippen molar-refractivity contribution in [3.8, 4) is 0 Å². The summed E-state index contributed by atoms with van der Waals surface area (Å²) < 4.78 is 0. The smallest absolute Gasteiger partial charge is 0.313 e. The molecule has 0 saturated carbocycles. The zero-order valence-electron chi connectivity index (χ0n) is 8.00. The van der Waals surface area contributed by atoms with Gasteiger partial charge in [-0.05, 0) is 12.1 Å². The lowest BCUT2D eigenvalue weighted by atomic mass is 10.2. The highest BCUT2D eigenvalue weighted by molar-refractivity contribution is 7.81. The molecule has 0 spiro atoms. The molecule has 4 heteroatoms. The van der Waals surface area contributed by atoms with Crippen molar-refractivity contribution in [1.82, 2.24) is 4.98 Å². The molecule has 78 valence electrons. The van der Waals surface area contributed by atoms with Gasteiger partial charge in [0, 0.05) is 11.6 Å². The van der Waals surface area contributed by atoms with Crippen molar-refractivity contribution in [3.63, 3.8) is 0 Å². The Bertz CT molecular complexity index is 380. The molecule has 15 heavy (non-hydrogen) atoms. The number of thiol groups is 1. The normalized spacial score (nSPS) is 9.13. The highest BCUT2D eigenvalue weighted by Crippen LogP contribution is 2.07. The van der Waals surface area contributed by atoms with Gasteiger partial charge in [-0.25, -0.2) is 0 Å². The second kappa shape index (κ2) is 6.03. The minimum absolute atomic E-state index is 0.0833. The number of carboxylic acid groups (broad SMARTS) is 1. The van der Waals surface area contributed by atoms with Gasteiger partial charge in [0.1, 0.15) is 0 Å². The van der Waals surface area contributed by atoms with Gasteiger partial charge in [0.15, 0.2) is 0 Å². The number of aliphatic carboxylic acids is 1. The number of pyridine rings is 1. The maximum absolute atomic E-state index is 9.29. The van der Waals surface area contributed by atoms with Gasteiger partial charge in [0.25, 0.3) is 0 Å². The number of benzene rings is 1. The van der Waals surface area contributed by atoms with Crippen molar-refractivity contribution >= 4 is 29.5 Å². The third kappa shape index (κ3) is 3.99. The van der Waals surface area contributed by atoms with Gasteiger partial charge in [-0.3, -0.25) is 9.78 Å². The van der Waals surface area contributed by atoms with E-state index in [1.54, 1.807) is 0 Å². The van der Waals surface area contributed by atoms with Gasteiger partial charge < -0.3 is 5.11 Å². The van der Waals surface area contributed by atoms with Gasteiger partial charge in [-0.15, -0.1) is 0 Å². The third-order valence-electron chi connectivity index (χ3n) is 1.65. The van der Waals surface area contributed by atoms with Crippen LogP contribution in [0.15, 0.2) is 42.6 Å². The van der Waals surface area contributed by atoms with Gasteiger partial charge >= 0.3 is 5.97 Å². The number of fused-ring (bicyclic) bond motifs is 1. The Hall–Kier alpha value is -1.55. The topological polar surface area (TPSA) is 50.2 Å². The van der Waals surface area contributed by atoms with Crippen LogP contribution in [0, 0.1) is 0 Å². The molecule has 0 fully saturated rings. The Morgan fingerprint density at radius 3 is 2.47 bits per heavy atom. The third-order valence-corrected chi connectivity index (χ3v) is 1.92. The summed E-state index contributed by atoms with van der Waals surface area (Å²) in [7, 11) is 0. The zero-order chi connectivity index (χ0) is 11.1. The summed E-state index contributed by atoms with van der Waals surface area (Å²) in [5.41, 5.74) is 1.06. The van der Waals surface area contributed by atoms with Crippen LogP contribution in [0.5, 0.6) is 0 Å². The van der Waals surface area contributed by atoms with E-state index < -0.39 is 5.97 Å². The average Bonchev–Trinajstić information content (AvgIpc) is 2.30. The predicted octanol–water partition coefficient (Wildman–Crippen LogP) is 2.24. The molecular weight excluding hydrogens is 210 g/mol. The molecule has 3 nitrogen and oxygen atoms in total. The summed E-state index contributed by atoms with van der Waals surface area (Å²) in [4.78, 5) is 13.5. The fourth-order valence-corrected chi connectivity index (χ4v) is 1.02. The molecule has 1 aromatic heterocycles. The molecule has 1 N–H and O–H groups in total. The molecule has 1 heterocycles. The lowest BCUT2D eigenvalue weighted by molar-refractivity contribution is -0.133. The van der Waals surface area contributed by atoms with Crippen molar-refractivity contribution in [3.05, 3.63) is 42.6 Å². The molecule has 0 amide bonds. The first-order valence-corrected chi connectivity index (χ1v) is 4.99. The first-order chi connectivity index (χ1) is 7.24. The van der Waals surface area contributed by atoms with Crippen LogP contribution in [-0.4, -0.2) is 21.8 Å². The molecule has 0 aliphatic carbocycles. The zero-order valence-corrected chi connectivity index (χ0v) is 8.89. The number of hydrogen-bond donors (Lipinski definition) is 2. The molecule has 0 radical (unpaired) electrons. The first-order valence-electron chi connectivity index (χ1n) is 4.36. The Morgan fingerprint density at radius 2 is 1.87 bits per heavy atom. The molecule has 0 unspecified atom stereocenters. The second-order valence-corrected chi connectivity index (χ2v) is 3.06. The molecule has 0 atom stereocenters. The van der Waals surface area contributed by atoms with Crippen LogP contribution in [0.4, 0.5) is 0 Å². The van der Waals surface area contributed by atoms with Gasteiger partial charge in [0.2, 0.25) is 0 Å². The summed E-state index contributed by atoms with van der Waals surface area (Å²) >= 11 is 3.42. The fourth-order valence-electron chi connectivity index (χ4n) is 1.02. The SMILES string of the molecule is O=C(O)CS.c1ccc2ncccc2c1. The van der Waals surface area contributed by atoms with E-state index in [9.17, 15) is 4.79 Å². The Labute approximate surface area is 93.2 Å². The van der Waals surface area contributed by atoms with E-state index in [1.807, 2.05) is 30.5 Å². The van der Waals surface area contributed by atoms with Crippen LogP contribution in [0.1, 0.15) is 0 Å². The van der Waals surface area contributed by atoms with E-state index in [0.717, 1.165) is 5.52 Å². The molecule has 0 aliphatic heterocycles. The summed E-state index contributed by atoms with van der Waals surface area (Å²) in [5.74, 6) is -0.965. The van der Waals surface area contributed by atoms with Crippen LogP contribution in [0.25, 0.3) is 10.9 Å². The lowest BCUT2D eigenvalue weighted by Gasteiger charge is -1.91. The van der Waals surface area contributed by atoms with Gasteiger partial charge in [-0.2, -0.15) is 12.6 Å². The van der Waals surface area contributed by atoms with E-state index in [4.69, 9.17) is 5.11 Å². The standard InChI is InChI=1S/C9H7N.C2H4O2S/c1-2-6-9-8(4-1)5-3-7-10-9;3-2(4)1-5/h1-7H;5H,1H2,(H,3,4). The molecule has 2 rings (SSSR count). The molecule has 2 aromatic rings. The van der Waals surface area contributed by atoms with Crippen LogP contribution in [-0.2, 0) is 4.79 Å². The first kappa shape index (κ1) is 11.5. The largest absolute Gasteiger partial charge is 0.481 e. The predicted molar refractivity (Wildman–Crippen MR) is 63.2 cm³/mol. The summed E-state index contributed by atoms with van der Waals surface area (Å²) in [6, 6.07) is 12.1. The van der Waals surface area contributed by atoms with E-state index in [0.29, 0.717) is 0 Å². The van der Waals surface area contributed by atoms with Gasteiger partial charge in [-0.1, -0.05) is 24.3 Å². The number of para-hydroxylation sites is 1. The summed E-state index contributed by atoms with van der Waals surface area (Å²) in [6.07, 6.45) is 1.81. The molecule has 0 aliphatic rings. The molecule has 1 aromatic carbocycles. The molecule has 0 saturated heterocycles. The van der Waals surface area contributed by atoms with Crippen LogP contribution < -0.4 is 0 Å². The highest BCUT2D eigenvalue weighted by Gasteiger charge is 1.86.